The molecule has 25 heavy (non-hydrogen) atoms. The standard InChI is InChI=1S/C20H24Cl2N2O/c1-20(2)19(25)23(24(20)17-4-3-15(21)10-16(17)22)18-13-6-11-5-12(8-13)9-14(18)7-11/h3-4,10-14,18H,5-9H2,1-2H3. The molecule has 4 aliphatic carbocycles. The minimum absolute atomic E-state index is 0.232. The van der Waals surface area contributed by atoms with Crippen molar-refractivity contribution in [3.05, 3.63) is 28.2 Å². The van der Waals surface area contributed by atoms with Crippen molar-refractivity contribution in [1.29, 1.82) is 0 Å². The number of nitrogens with zero attached hydrogens (tertiary/aromatic N) is 2. The molecule has 0 unspecified atom stereocenters. The van der Waals surface area contributed by atoms with Gasteiger partial charge in [0.2, 0.25) is 0 Å². The monoisotopic (exact) mass is 378 g/mol. The summed E-state index contributed by atoms with van der Waals surface area (Å²) >= 11 is 12.6. The molecule has 1 aromatic rings. The third-order valence-electron chi connectivity index (χ3n) is 7.07. The molecule has 0 radical (unpaired) electrons. The molecule has 4 bridgehead atoms. The van der Waals surface area contributed by atoms with Gasteiger partial charge in [0, 0.05) is 5.02 Å². The fraction of sp³-hybridized carbons (Fsp3) is 0.650. The quantitative estimate of drug-likeness (QED) is 0.709. The first kappa shape index (κ1) is 16.3. The minimum atomic E-state index is -0.549. The van der Waals surface area contributed by atoms with Gasteiger partial charge in [0.1, 0.15) is 5.54 Å². The van der Waals surface area contributed by atoms with E-state index in [4.69, 9.17) is 23.2 Å². The van der Waals surface area contributed by atoms with E-state index in [-0.39, 0.29) is 5.91 Å². The Bertz CT molecular complexity index is 719. The van der Waals surface area contributed by atoms with Crippen molar-refractivity contribution in [2.75, 3.05) is 5.01 Å². The first-order valence-corrected chi connectivity index (χ1v) is 10.2. The summed E-state index contributed by atoms with van der Waals surface area (Å²) in [5.74, 6) is 3.34. The van der Waals surface area contributed by atoms with E-state index < -0.39 is 5.54 Å². The Hall–Kier alpha value is -0.930. The van der Waals surface area contributed by atoms with Gasteiger partial charge in [-0.05, 0) is 87.8 Å². The van der Waals surface area contributed by atoms with Crippen molar-refractivity contribution < 1.29 is 4.79 Å². The van der Waals surface area contributed by atoms with E-state index in [1.165, 1.54) is 32.1 Å². The summed E-state index contributed by atoms with van der Waals surface area (Å²) in [6.45, 7) is 3.99. The average Bonchev–Trinajstić information content (AvgIpc) is 2.54. The van der Waals surface area contributed by atoms with Crippen LogP contribution >= 0.6 is 23.2 Å². The predicted molar refractivity (Wildman–Crippen MR) is 101 cm³/mol. The summed E-state index contributed by atoms with van der Waals surface area (Å²) in [6.07, 6.45) is 6.61. The molecule has 1 aliphatic heterocycles. The summed E-state index contributed by atoms with van der Waals surface area (Å²) in [5, 5.41) is 5.44. The number of hydrogen-bond acceptors (Lipinski definition) is 2. The van der Waals surface area contributed by atoms with Crippen molar-refractivity contribution in [3.8, 4) is 0 Å². The Morgan fingerprint density at radius 3 is 2.16 bits per heavy atom. The van der Waals surface area contributed by atoms with Crippen LogP contribution in [0.3, 0.4) is 0 Å². The van der Waals surface area contributed by atoms with Crippen molar-refractivity contribution in [1.82, 2.24) is 5.01 Å². The zero-order chi connectivity index (χ0) is 17.5. The highest BCUT2D eigenvalue weighted by atomic mass is 35.5. The zero-order valence-electron chi connectivity index (χ0n) is 14.7. The molecule has 3 nitrogen and oxygen atoms in total. The number of carbonyl (C=O) groups excluding carboxylic acids is 1. The van der Waals surface area contributed by atoms with Gasteiger partial charge in [0.25, 0.3) is 5.91 Å². The van der Waals surface area contributed by atoms with Crippen LogP contribution in [0.15, 0.2) is 18.2 Å². The number of amides is 1. The van der Waals surface area contributed by atoms with E-state index in [9.17, 15) is 4.79 Å². The van der Waals surface area contributed by atoms with Gasteiger partial charge in [-0.1, -0.05) is 23.2 Å². The van der Waals surface area contributed by atoms with Crippen LogP contribution in [0, 0.1) is 23.7 Å². The summed E-state index contributed by atoms with van der Waals surface area (Å²) in [6, 6.07) is 5.92. The van der Waals surface area contributed by atoms with E-state index in [1.54, 1.807) is 6.07 Å². The van der Waals surface area contributed by atoms with Gasteiger partial charge >= 0.3 is 0 Å². The van der Waals surface area contributed by atoms with E-state index in [0.717, 1.165) is 17.5 Å². The molecule has 5 fully saturated rings. The molecule has 0 N–H and O–H groups in total. The van der Waals surface area contributed by atoms with Crippen LogP contribution < -0.4 is 5.01 Å². The third kappa shape index (κ3) is 2.21. The topological polar surface area (TPSA) is 23.6 Å². The van der Waals surface area contributed by atoms with Crippen LogP contribution in [-0.2, 0) is 4.79 Å². The number of anilines is 1. The van der Waals surface area contributed by atoms with E-state index in [0.29, 0.717) is 27.9 Å². The molecule has 4 saturated carbocycles. The zero-order valence-corrected chi connectivity index (χ0v) is 16.2. The van der Waals surface area contributed by atoms with Gasteiger partial charge < -0.3 is 0 Å². The lowest BCUT2D eigenvalue weighted by molar-refractivity contribution is -0.170. The molecule has 0 spiro atoms. The lowest BCUT2D eigenvalue weighted by Crippen LogP contribution is -2.80. The molecule has 1 heterocycles. The summed E-state index contributed by atoms with van der Waals surface area (Å²) < 4.78 is 0. The Balaban J connectivity index is 1.53. The highest BCUT2D eigenvalue weighted by Crippen LogP contribution is 2.57. The number of halogens is 2. The lowest BCUT2D eigenvalue weighted by Gasteiger charge is -2.65. The Morgan fingerprint density at radius 2 is 1.60 bits per heavy atom. The van der Waals surface area contributed by atoms with Gasteiger partial charge in [0.05, 0.1) is 16.8 Å². The molecule has 0 atom stereocenters. The molecule has 1 amide bonds. The summed E-state index contributed by atoms with van der Waals surface area (Å²) in [4.78, 5) is 13.1. The van der Waals surface area contributed by atoms with E-state index in [1.807, 2.05) is 26.0 Å². The first-order chi connectivity index (χ1) is 11.9. The van der Waals surface area contributed by atoms with Crippen molar-refractivity contribution in [2.45, 2.75) is 57.5 Å². The second-order valence-electron chi connectivity index (χ2n) is 9.04. The van der Waals surface area contributed by atoms with Crippen LogP contribution in [0.25, 0.3) is 0 Å². The lowest BCUT2D eigenvalue weighted by atomic mass is 9.53. The smallest absolute Gasteiger partial charge is 0.268 e. The van der Waals surface area contributed by atoms with Crippen molar-refractivity contribution in [3.63, 3.8) is 0 Å². The Kier molecular flexibility index (Phi) is 3.44. The van der Waals surface area contributed by atoms with Gasteiger partial charge in [-0.15, -0.1) is 0 Å². The molecule has 134 valence electrons. The van der Waals surface area contributed by atoms with E-state index in [2.05, 4.69) is 10.0 Å². The molecular formula is C20H24Cl2N2O. The minimum Gasteiger partial charge on any atom is -0.270 e. The van der Waals surface area contributed by atoms with Crippen LogP contribution in [0.1, 0.15) is 46.0 Å². The third-order valence-corrected chi connectivity index (χ3v) is 7.61. The number of carbonyl (C=O) groups is 1. The molecule has 0 aromatic heterocycles. The molecule has 1 saturated heterocycles. The second-order valence-corrected chi connectivity index (χ2v) is 9.88. The van der Waals surface area contributed by atoms with Gasteiger partial charge in [0.15, 0.2) is 0 Å². The fourth-order valence-corrected chi connectivity index (χ4v) is 6.81. The van der Waals surface area contributed by atoms with Crippen LogP contribution in [-0.4, -0.2) is 22.5 Å². The Morgan fingerprint density at radius 1 is 1.00 bits per heavy atom. The van der Waals surface area contributed by atoms with Gasteiger partial charge in [-0.3, -0.25) is 9.80 Å². The highest BCUT2D eigenvalue weighted by Gasteiger charge is 2.61. The van der Waals surface area contributed by atoms with Gasteiger partial charge in [-0.2, -0.15) is 0 Å². The number of hydrazine groups is 1. The molecule has 5 heteroatoms. The fourth-order valence-electron chi connectivity index (χ4n) is 6.32. The largest absolute Gasteiger partial charge is 0.270 e. The van der Waals surface area contributed by atoms with Crippen molar-refractivity contribution in [2.24, 2.45) is 23.7 Å². The van der Waals surface area contributed by atoms with Crippen LogP contribution in [0.4, 0.5) is 5.69 Å². The van der Waals surface area contributed by atoms with E-state index >= 15 is 0 Å². The second kappa shape index (κ2) is 5.29. The maximum absolute atomic E-state index is 13.1. The highest BCUT2D eigenvalue weighted by molar-refractivity contribution is 6.36. The van der Waals surface area contributed by atoms with Crippen LogP contribution in [0.2, 0.25) is 10.0 Å². The van der Waals surface area contributed by atoms with Crippen LogP contribution in [0.5, 0.6) is 0 Å². The summed E-state index contributed by atoms with van der Waals surface area (Å²) in [7, 11) is 0. The maximum Gasteiger partial charge on any atom is 0.268 e. The first-order valence-electron chi connectivity index (χ1n) is 9.45. The normalized spacial score (nSPS) is 38.2. The Labute approximate surface area is 159 Å². The van der Waals surface area contributed by atoms with Crippen molar-refractivity contribution >= 4 is 34.8 Å². The molecule has 1 aromatic carbocycles. The average molecular weight is 379 g/mol. The predicted octanol–water partition coefficient (Wildman–Crippen LogP) is 5.16. The molecule has 5 aliphatic rings. The maximum atomic E-state index is 13.1. The molecular weight excluding hydrogens is 355 g/mol. The number of benzene rings is 1. The molecule has 6 rings (SSSR count). The number of rotatable bonds is 2. The van der Waals surface area contributed by atoms with Gasteiger partial charge in [-0.25, -0.2) is 5.01 Å². The summed E-state index contributed by atoms with van der Waals surface area (Å²) in [5.41, 5.74) is 0.344. The number of hydrogen-bond donors (Lipinski definition) is 0. The SMILES string of the molecule is CC1(C)C(=O)N(C2C3CC4CC(C3)CC2C4)N1c1ccc(Cl)cc1Cl.